The molecule has 5 unspecified atom stereocenters. The van der Waals surface area contributed by atoms with Crippen LogP contribution in [0.4, 0.5) is 0 Å². The topological polar surface area (TPSA) is 0 Å². The van der Waals surface area contributed by atoms with E-state index in [0.29, 0.717) is 5.41 Å². The van der Waals surface area contributed by atoms with Crippen LogP contribution in [0.3, 0.4) is 0 Å². The van der Waals surface area contributed by atoms with Gasteiger partial charge in [-0.05, 0) is 48.3 Å². The molecule has 0 N–H and O–H groups in total. The molecule has 0 aromatic heterocycles. The van der Waals surface area contributed by atoms with Crippen molar-refractivity contribution in [3.05, 3.63) is 0 Å². The Bertz CT molecular complexity index is 208. The molecule has 5 atom stereocenters. The molecule has 0 aliphatic heterocycles. The molecule has 0 aromatic carbocycles. The number of rotatable bonds is 5. The predicted molar refractivity (Wildman–Crippen MR) is 73.5 cm³/mol. The van der Waals surface area contributed by atoms with Crippen LogP contribution in [0.2, 0.25) is 0 Å². The molecule has 1 aliphatic carbocycles. The minimum absolute atomic E-state index is 0.623. The van der Waals surface area contributed by atoms with E-state index in [0.717, 1.165) is 23.7 Å². The van der Waals surface area contributed by atoms with Gasteiger partial charge in [0, 0.05) is 0 Å². The molecule has 0 nitrogen and oxygen atoms in total. The Morgan fingerprint density at radius 3 is 2.31 bits per heavy atom. The molecule has 0 amide bonds. The van der Waals surface area contributed by atoms with Gasteiger partial charge < -0.3 is 0 Å². The summed E-state index contributed by atoms with van der Waals surface area (Å²) in [5.74, 6) is 3.71. The molecule has 16 heavy (non-hydrogen) atoms. The molecule has 0 heterocycles. The standard InChI is InChI=1S/C16H32/c1-7-11-16(6)13(4)9-10-15(16)14(5)12(3)8-2/h12-15H,7-11H2,1-6H3. The van der Waals surface area contributed by atoms with Crippen molar-refractivity contribution in [3.8, 4) is 0 Å². The molecule has 0 heteroatoms. The monoisotopic (exact) mass is 224 g/mol. The maximum atomic E-state index is 2.57. The van der Waals surface area contributed by atoms with Gasteiger partial charge in [0.05, 0.1) is 0 Å². The first-order valence-corrected chi connectivity index (χ1v) is 7.47. The molecule has 0 bridgehead atoms. The summed E-state index contributed by atoms with van der Waals surface area (Å²) in [4.78, 5) is 0. The van der Waals surface area contributed by atoms with Crippen molar-refractivity contribution < 1.29 is 0 Å². The lowest BCUT2D eigenvalue weighted by Crippen LogP contribution is -2.33. The molecule has 1 rings (SSSR count). The predicted octanol–water partition coefficient (Wildman–Crippen LogP) is 5.52. The molecule has 0 saturated heterocycles. The number of hydrogen-bond donors (Lipinski definition) is 0. The summed E-state index contributed by atoms with van der Waals surface area (Å²) in [5.41, 5.74) is 0.623. The van der Waals surface area contributed by atoms with E-state index in [1.807, 2.05) is 0 Å². The van der Waals surface area contributed by atoms with Crippen LogP contribution in [-0.2, 0) is 0 Å². The Morgan fingerprint density at radius 2 is 1.81 bits per heavy atom. The smallest absolute Gasteiger partial charge is 0.0269 e. The molecule has 0 aromatic rings. The summed E-state index contributed by atoms with van der Waals surface area (Å²) in [6, 6.07) is 0. The maximum Gasteiger partial charge on any atom is -0.0269 e. The van der Waals surface area contributed by atoms with Gasteiger partial charge in [0.1, 0.15) is 0 Å². The average molecular weight is 224 g/mol. The van der Waals surface area contributed by atoms with E-state index < -0.39 is 0 Å². The van der Waals surface area contributed by atoms with E-state index >= 15 is 0 Å². The Kier molecular flexibility index (Phi) is 4.88. The summed E-state index contributed by atoms with van der Waals surface area (Å²) in [6.45, 7) is 14.7. The highest BCUT2D eigenvalue weighted by Gasteiger charge is 2.46. The molecule has 96 valence electrons. The zero-order chi connectivity index (χ0) is 12.3. The lowest BCUT2D eigenvalue weighted by Gasteiger charge is -2.40. The lowest BCUT2D eigenvalue weighted by atomic mass is 9.64. The largest absolute Gasteiger partial charge is 0.0654 e. The zero-order valence-corrected chi connectivity index (χ0v) is 12.3. The van der Waals surface area contributed by atoms with E-state index in [9.17, 15) is 0 Å². The first kappa shape index (κ1) is 14.1. The first-order chi connectivity index (χ1) is 7.47. The summed E-state index contributed by atoms with van der Waals surface area (Å²) in [5, 5.41) is 0. The zero-order valence-electron chi connectivity index (χ0n) is 12.3. The lowest BCUT2D eigenvalue weighted by molar-refractivity contribution is 0.0842. The van der Waals surface area contributed by atoms with Crippen LogP contribution in [-0.4, -0.2) is 0 Å². The third-order valence-electron chi connectivity index (χ3n) is 5.85. The molecule has 1 aliphatic rings. The van der Waals surface area contributed by atoms with E-state index in [1.165, 1.54) is 32.1 Å². The third kappa shape index (κ3) is 2.46. The van der Waals surface area contributed by atoms with Gasteiger partial charge in [0.2, 0.25) is 0 Å². The van der Waals surface area contributed by atoms with Crippen LogP contribution >= 0.6 is 0 Å². The van der Waals surface area contributed by atoms with Gasteiger partial charge >= 0.3 is 0 Å². The maximum absolute atomic E-state index is 2.57. The molecule has 1 saturated carbocycles. The van der Waals surface area contributed by atoms with E-state index in [-0.39, 0.29) is 0 Å². The van der Waals surface area contributed by atoms with Crippen LogP contribution in [0.5, 0.6) is 0 Å². The summed E-state index contributed by atoms with van der Waals surface area (Å²) < 4.78 is 0. The Balaban J connectivity index is 2.78. The van der Waals surface area contributed by atoms with Crippen molar-refractivity contribution in [1.82, 2.24) is 0 Å². The Hall–Kier alpha value is 0. The van der Waals surface area contributed by atoms with Gasteiger partial charge in [-0.2, -0.15) is 0 Å². The van der Waals surface area contributed by atoms with Gasteiger partial charge in [-0.25, -0.2) is 0 Å². The molecular formula is C16H32. The minimum atomic E-state index is 0.623. The van der Waals surface area contributed by atoms with Crippen molar-refractivity contribution in [2.24, 2.45) is 29.1 Å². The molecular weight excluding hydrogens is 192 g/mol. The number of hydrogen-bond acceptors (Lipinski definition) is 0. The van der Waals surface area contributed by atoms with Crippen molar-refractivity contribution in [3.63, 3.8) is 0 Å². The Morgan fingerprint density at radius 1 is 1.19 bits per heavy atom. The van der Waals surface area contributed by atoms with E-state index in [4.69, 9.17) is 0 Å². The van der Waals surface area contributed by atoms with Crippen LogP contribution in [0.25, 0.3) is 0 Å². The van der Waals surface area contributed by atoms with Crippen molar-refractivity contribution in [2.45, 2.75) is 73.6 Å². The van der Waals surface area contributed by atoms with Gasteiger partial charge in [-0.3, -0.25) is 0 Å². The fourth-order valence-corrected chi connectivity index (χ4v) is 4.06. The first-order valence-electron chi connectivity index (χ1n) is 7.47. The molecule has 0 radical (unpaired) electrons. The fourth-order valence-electron chi connectivity index (χ4n) is 4.06. The van der Waals surface area contributed by atoms with Crippen molar-refractivity contribution >= 4 is 0 Å². The highest BCUT2D eigenvalue weighted by molar-refractivity contribution is 4.95. The van der Waals surface area contributed by atoms with Crippen LogP contribution < -0.4 is 0 Å². The van der Waals surface area contributed by atoms with Crippen LogP contribution in [0, 0.1) is 29.1 Å². The van der Waals surface area contributed by atoms with Crippen LogP contribution in [0.15, 0.2) is 0 Å². The summed E-state index contributed by atoms with van der Waals surface area (Å²) in [7, 11) is 0. The van der Waals surface area contributed by atoms with E-state index in [1.54, 1.807) is 0 Å². The molecule has 0 spiro atoms. The Labute approximate surface area is 103 Å². The minimum Gasteiger partial charge on any atom is -0.0654 e. The second-order valence-corrected chi connectivity index (χ2v) is 6.59. The quantitative estimate of drug-likeness (QED) is 0.576. The van der Waals surface area contributed by atoms with Gasteiger partial charge in [-0.15, -0.1) is 0 Å². The summed E-state index contributed by atoms with van der Waals surface area (Å²) in [6.07, 6.45) is 7.06. The average Bonchev–Trinajstić information content (AvgIpc) is 2.54. The highest BCUT2D eigenvalue weighted by Crippen LogP contribution is 2.54. The molecule has 1 fully saturated rings. The van der Waals surface area contributed by atoms with Gasteiger partial charge in [0.15, 0.2) is 0 Å². The summed E-state index contributed by atoms with van der Waals surface area (Å²) >= 11 is 0. The van der Waals surface area contributed by atoms with Crippen LogP contribution in [0.1, 0.15) is 73.6 Å². The SMILES string of the molecule is CCCC1(C)C(C)CCC1C(C)C(C)CC. The van der Waals surface area contributed by atoms with Gasteiger partial charge in [0.25, 0.3) is 0 Å². The van der Waals surface area contributed by atoms with E-state index in [2.05, 4.69) is 41.5 Å². The van der Waals surface area contributed by atoms with Crippen molar-refractivity contribution in [1.29, 1.82) is 0 Å². The second kappa shape index (κ2) is 5.56. The van der Waals surface area contributed by atoms with Crippen molar-refractivity contribution in [2.75, 3.05) is 0 Å². The fraction of sp³-hybridized carbons (Fsp3) is 1.00. The third-order valence-corrected chi connectivity index (χ3v) is 5.85. The normalized spacial score (nSPS) is 38.6. The second-order valence-electron chi connectivity index (χ2n) is 6.59. The highest BCUT2D eigenvalue weighted by atomic mass is 14.5. The van der Waals surface area contributed by atoms with Gasteiger partial charge in [-0.1, -0.05) is 54.4 Å².